The highest BCUT2D eigenvalue weighted by Crippen LogP contribution is 2.23. The molecule has 3 nitrogen and oxygen atoms in total. The Bertz CT molecular complexity index is 404. The van der Waals surface area contributed by atoms with Crippen LogP contribution in [0.3, 0.4) is 0 Å². The number of hydrogen-bond donors (Lipinski definition) is 1. The Balaban J connectivity index is 1.95. The average Bonchev–Trinajstić information content (AvgIpc) is 2.54. The third-order valence-corrected chi connectivity index (χ3v) is 4.31. The Morgan fingerprint density at radius 1 is 1.29 bits per heavy atom. The van der Waals surface area contributed by atoms with Crippen LogP contribution in [-0.4, -0.2) is 31.9 Å². The molecule has 3 heteroatoms. The lowest BCUT2D eigenvalue weighted by atomic mass is 9.99. The van der Waals surface area contributed by atoms with Crippen molar-refractivity contribution in [3.8, 4) is 5.75 Å². The van der Waals surface area contributed by atoms with Crippen LogP contribution in [0.5, 0.6) is 5.75 Å². The van der Waals surface area contributed by atoms with E-state index in [0.29, 0.717) is 18.6 Å². The highest BCUT2D eigenvalue weighted by molar-refractivity contribution is 5.29. The van der Waals surface area contributed by atoms with Gasteiger partial charge in [-0.2, -0.15) is 0 Å². The Hall–Kier alpha value is -1.06. The van der Waals surface area contributed by atoms with Gasteiger partial charge in [-0.15, -0.1) is 0 Å². The summed E-state index contributed by atoms with van der Waals surface area (Å²) in [5.74, 6) is 1.55. The van der Waals surface area contributed by atoms with E-state index in [2.05, 4.69) is 50.4 Å². The van der Waals surface area contributed by atoms with Crippen LogP contribution in [0.1, 0.15) is 51.5 Å². The first-order valence-corrected chi connectivity index (χ1v) is 8.32. The van der Waals surface area contributed by atoms with Gasteiger partial charge in [0.05, 0.1) is 6.61 Å². The molecule has 1 saturated heterocycles. The van der Waals surface area contributed by atoms with Gasteiger partial charge in [0, 0.05) is 12.6 Å². The third kappa shape index (κ3) is 4.72. The Morgan fingerprint density at radius 3 is 2.71 bits per heavy atom. The molecule has 1 aliphatic rings. The minimum atomic E-state index is 0.111. The maximum absolute atomic E-state index is 6.15. The first-order chi connectivity index (χ1) is 10.2. The van der Waals surface area contributed by atoms with Crippen LogP contribution in [0, 0.1) is 0 Å². The van der Waals surface area contributed by atoms with Crippen molar-refractivity contribution in [1.82, 2.24) is 5.32 Å². The zero-order chi connectivity index (χ0) is 15.1. The predicted molar refractivity (Wildman–Crippen MR) is 87.1 cm³/mol. The molecule has 1 heterocycles. The summed E-state index contributed by atoms with van der Waals surface area (Å²) in [5.41, 5.74) is 1.38. The van der Waals surface area contributed by atoms with Crippen LogP contribution >= 0.6 is 0 Å². The van der Waals surface area contributed by atoms with Gasteiger partial charge in [-0.05, 0) is 49.4 Å². The number of nitrogens with one attached hydrogen (secondary N) is 1. The first kappa shape index (κ1) is 16.3. The smallest absolute Gasteiger partial charge is 0.137 e. The molecular formula is C18H29NO2. The fourth-order valence-electron chi connectivity index (χ4n) is 2.68. The van der Waals surface area contributed by atoms with Gasteiger partial charge in [0.25, 0.3) is 0 Å². The standard InChI is InChI=1S/C18H29NO2/c1-4-11-19-17-10-12-20-13-18(17)21-16-8-6-15(7-9-16)14(3)5-2/h6-9,14,17-19H,4-5,10-13H2,1-3H3. The summed E-state index contributed by atoms with van der Waals surface area (Å²) in [6.45, 7) is 9.21. The molecule has 21 heavy (non-hydrogen) atoms. The van der Waals surface area contributed by atoms with E-state index in [9.17, 15) is 0 Å². The van der Waals surface area contributed by atoms with E-state index in [1.807, 2.05) is 0 Å². The molecule has 1 N–H and O–H groups in total. The molecule has 1 aromatic rings. The first-order valence-electron chi connectivity index (χ1n) is 8.32. The fourth-order valence-corrected chi connectivity index (χ4v) is 2.68. The van der Waals surface area contributed by atoms with Gasteiger partial charge in [0.15, 0.2) is 0 Å². The molecule has 0 aromatic heterocycles. The highest BCUT2D eigenvalue weighted by Gasteiger charge is 2.26. The molecule has 0 saturated carbocycles. The van der Waals surface area contributed by atoms with E-state index >= 15 is 0 Å². The second-order valence-electron chi connectivity index (χ2n) is 5.96. The lowest BCUT2D eigenvalue weighted by Gasteiger charge is -2.32. The largest absolute Gasteiger partial charge is 0.486 e. The summed E-state index contributed by atoms with van der Waals surface area (Å²) in [6, 6.07) is 8.94. The van der Waals surface area contributed by atoms with Crippen LogP contribution in [0.25, 0.3) is 0 Å². The molecule has 0 radical (unpaired) electrons. The summed E-state index contributed by atoms with van der Waals surface area (Å²) in [7, 11) is 0. The summed E-state index contributed by atoms with van der Waals surface area (Å²) in [4.78, 5) is 0. The molecule has 1 aliphatic heterocycles. The summed E-state index contributed by atoms with van der Waals surface area (Å²) >= 11 is 0. The van der Waals surface area contributed by atoms with Crippen LogP contribution < -0.4 is 10.1 Å². The lowest BCUT2D eigenvalue weighted by molar-refractivity contribution is -0.0146. The number of ether oxygens (including phenoxy) is 2. The van der Waals surface area contributed by atoms with Gasteiger partial charge in [-0.1, -0.05) is 32.9 Å². The molecule has 3 atom stereocenters. The maximum Gasteiger partial charge on any atom is 0.137 e. The predicted octanol–water partition coefficient (Wildman–Crippen LogP) is 3.74. The van der Waals surface area contributed by atoms with E-state index in [4.69, 9.17) is 9.47 Å². The van der Waals surface area contributed by atoms with Gasteiger partial charge in [0.2, 0.25) is 0 Å². The second kappa shape index (κ2) is 8.40. The Labute approximate surface area is 129 Å². The van der Waals surface area contributed by atoms with E-state index < -0.39 is 0 Å². The zero-order valence-corrected chi connectivity index (χ0v) is 13.6. The molecule has 2 rings (SSSR count). The molecule has 0 aliphatic carbocycles. The lowest BCUT2D eigenvalue weighted by Crippen LogP contribution is -2.49. The van der Waals surface area contributed by atoms with Crippen molar-refractivity contribution in [2.45, 2.75) is 58.1 Å². The normalized spacial score (nSPS) is 23.8. The topological polar surface area (TPSA) is 30.5 Å². The van der Waals surface area contributed by atoms with E-state index in [-0.39, 0.29) is 6.10 Å². The molecule has 118 valence electrons. The van der Waals surface area contributed by atoms with Gasteiger partial charge < -0.3 is 14.8 Å². The Morgan fingerprint density at radius 2 is 2.05 bits per heavy atom. The van der Waals surface area contributed by atoms with Crippen molar-refractivity contribution in [2.24, 2.45) is 0 Å². The van der Waals surface area contributed by atoms with Gasteiger partial charge >= 0.3 is 0 Å². The maximum atomic E-state index is 6.15. The zero-order valence-electron chi connectivity index (χ0n) is 13.6. The van der Waals surface area contributed by atoms with Crippen LogP contribution in [0.15, 0.2) is 24.3 Å². The summed E-state index contributed by atoms with van der Waals surface area (Å²) in [6.07, 6.45) is 3.45. The Kier molecular flexibility index (Phi) is 6.52. The van der Waals surface area contributed by atoms with Crippen molar-refractivity contribution in [3.05, 3.63) is 29.8 Å². The summed E-state index contributed by atoms with van der Waals surface area (Å²) in [5, 5.41) is 3.58. The molecule has 0 spiro atoms. The fraction of sp³-hybridized carbons (Fsp3) is 0.667. The van der Waals surface area contributed by atoms with Gasteiger partial charge in [0.1, 0.15) is 11.9 Å². The quantitative estimate of drug-likeness (QED) is 0.830. The van der Waals surface area contributed by atoms with Crippen molar-refractivity contribution >= 4 is 0 Å². The van der Waals surface area contributed by atoms with Crippen molar-refractivity contribution < 1.29 is 9.47 Å². The van der Waals surface area contributed by atoms with Crippen LogP contribution in [0.2, 0.25) is 0 Å². The van der Waals surface area contributed by atoms with Crippen molar-refractivity contribution in [2.75, 3.05) is 19.8 Å². The van der Waals surface area contributed by atoms with Crippen molar-refractivity contribution in [3.63, 3.8) is 0 Å². The van der Waals surface area contributed by atoms with Crippen molar-refractivity contribution in [1.29, 1.82) is 0 Å². The van der Waals surface area contributed by atoms with Crippen LogP contribution in [0.4, 0.5) is 0 Å². The number of hydrogen-bond acceptors (Lipinski definition) is 3. The molecule has 3 unspecified atom stereocenters. The minimum absolute atomic E-state index is 0.111. The highest BCUT2D eigenvalue weighted by atomic mass is 16.5. The molecule has 0 amide bonds. The van der Waals surface area contributed by atoms with E-state index in [1.54, 1.807) is 0 Å². The second-order valence-corrected chi connectivity index (χ2v) is 5.96. The van der Waals surface area contributed by atoms with Gasteiger partial charge in [-0.25, -0.2) is 0 Å². The monoisotopic (exact) mass is 291 g/mol. The SMILES string of the molecule is CCCNC1CCOCC1Oc1ccc(C(C)CC)cc1. The molecular weight excluding hydrogens is 262 g/mol. The third-order valence-electron chi connectivity index (χ3n) is 4.31. The van der Waals surface area contributed by atoms with Gasteiger partial charge in [-0.3, -0.25) is 0 Å². The number of rotatable bonds is 7. The summed E-state index contributed by atoms with van der Waals surface area (Å²) < 4.78 is 11.7. The van der Waals surface area contributed by atoms with E-state index in [1.165, 1.54) is 12.0 Å². The molecule has 1 aromatic carbocycles. The van der Waals surface area contributed by atoms with E-state index in [0.717, 1.165) is 31.7 Å². The average molecular weight is 291 g/mol. The number of benzene rings is 1. The molecule has 1 fully saturated rings. The molecule has 0 bridgehead atoms. The minimum Gasteiger partial charge on any atom is -0.486 e. The van der Waals surface area contributed by atoms with Crippen LogP contribution in [-0.2, 0) is 4.74 Å².